The molecular formula is C21H16Cl2N4OS2. The van der Waals surface area contributed by atoms with E-state index < -0.39 is 0 Å². The smallest absolute Gasteiger partial charge is 0.226 e. The lowest BCUT2D eigenvalue weighted by atomic mass is 10.2. The molecule has 0 bridgehead atoms. The molecule has 3 aromatic rings. The summed E-state index contributed by atoms with van der Waals surface area (Å²) in [5.74, 6) is 0.411. The van der Waals surface area contributed by atoms with Gasteiger partial charge in [-0.25, -0.2) is 9.97 Å². The van der Waals surface area contributed by atoms with Crippen molar-refractivity contribution in [2.24, 2.45) is 0 Å². The van der Waals surface area contributed by atoms with Gasteiger partial charge in [0.05, 0.1) is 21.3 Å². The second-order valence-corrected chi connectivity index (χ2v) is 9.48. The van der Waals surface area contributed by atoms with E-state index in [1.807, 2.05) is 17.5 Å². The fraction of sp³-hybridized carbons (Fsp3) is 0.238. The number of fused-ring (bicyclic) bond motifs is 1. The van der Waals surface area contributed by atoms with Crippen LogP contribution < -0.4 is 5.32 Å². The Labute approximate surface area is 192 Å². The van der Waals surface area contributed by atoms with Crippen LogP contribution in [0.5, 0.6) is 0 Å². The van der Waals surface area contributed by atoms with E-state index in [4.69, 9.17) is 23.2 Å². The molecule has 9 heteroatoms. The predicted molar refractivity (Wildman–Crippen MR) is 123 cm³/mol. The molecule has 1 aliphatic carbocycles. The first-order valence-electron chi connectivity index (χ1n) is 9.30. The van der Waals surface area contributed by atoms with Crippen molar-refractivity contribution in [3.05, 3.63) is 56.5 Å². The Hall–Kier alpha value is -2.11. The van der Waals surface area contributed by atoms with Gasteiger partial charge in [0.15, 0.2) is 5.13 Å². The summed E-state index contributed by atoms with van der Waals surface area (Å²) in [7, 11) is 0. The maximum absolute atomic E-state index is 12.3. The molecule has 2 aromatic heterocycles. The first-order valence-corrected chi connectivity index (χ1v) is 11.9. The van der Waals surface area contributed by atoms with E-state index in [1.165, 1.54) is 28.7 Å². The maximum Gasteiger partial charge on any atom is 0.226 e. The van der Waals surface area contributed by atoms with E-state index in [2.05, 4.69) is 21.4 Å². The van der Waals surface area contributed by atoms with Crippen LogP contribution in [0.1, 0.15) is 29.7 Å². The first kappa shape index (κ1) is 21.1. The average Bonchev–Trinajstić information content (AvgIpc) is 3.38. The van der Waals surface area contributed by atoms with E-state index >= 15 is 0 Å². The number of nitriles is 1. The summed E-state index contributed by atoms with van der Waals surface area (Å²) in [6.07, 6.45) is 3.33. The zero-order chi connectivity index (χ0) is 21.1. The van der Waals surface area contributed by atoms with Crippen LogP contribution in [0, 0.1) is 11.3 Å². The van der Waals surface area contributed by atoms with Crippen LogP contribution in [0.25, 0.3) is 11.3 Å². The molecule has 1 aromatic carbocycles. The van der Waals surface area contributed by atoms with Crippen molar-refractivity contribution in [3.63, 3.8) is 0 Å². The fourth-order valence-electron chi connectivity index (χ4n) is 3.18. The van der Waals surface area contributed by atoms with Crippen LogP contribution in [-0.2, 0) is 17.6 Å². The molecule has 0 atom stereocenters. The lowest BCUT2D eigenvalue weighted by Gasteiger charge is -2.06. The van der Waals surface area contributed by atoms with E-state index in [0.717, 1.165) is 36.2 Å². The highest BCUT2D eigenvalue weighted by atomic mass is 35.5. The number of carbonyl (C=O) groups is 1. The Morgan fingerprint density at radius 1 is 1.23 bits per heavy atom. The highest BCUT2D eigenvalue weighted by molar-refractivity contribution is 7.99. The van der Waals surface area contributed by atoms with Crippen molar-refractivity contribution >= 4 is 57.3 Å². The summed E-state index contributed by atoms with van der Waals surface area (Å²) >= 11 is 14.8. The number of rotatable bonds is 6. The summed E-state index contributed by atoms with van der Waals surface area (Å²) < 4.78 is 0. The molecular weight excluding hydrogens is 459 g/mol. The largest absolute Gasteiger partial charge is 0.302 e. The van der Waals surface area contributed by atoms with E-state index in [9.17, 15) is 10.1 Å². The van der Waals surface area contributed by atoms with Gasteiger partial charge in [0.1, 0.15) is 11.1 Å². The highest BCUT2D eigenvalue weighted by Gasteiger charge is 2.17. The fourth-order valence-corrected chi connectivity index (χ4v) is 5.13. The Kier molecular flexibility index (Phi) is 6.59. The third-order valence-electron chi connectivity index (χ3n) is 4.67. The number of nitrogens with one attached hydrogen (secondary N) is 1. The van der Waals surface area contributed by atoms with Crippen LogP contribution in [0.15, 0.2) is 34.7 Å². The van der Waals surface area contributed by atoms with Crippen molar-refractivity contribution in [2.75, 3.05) is 11.1 Å². The summed E-state index contributed by atoms with van der Waals surface area (Å²) in [4.78, 5) is 21.4. The molecule has 0 fully saturated rings. The molecule has 2 heterocycles. The van der Waals surface area contributed by atoms with Gasteiger partial charge in [0.2, 0.25) is 5.91 Å². The molecule has 1 aliphatic rings. The number of nitrogens with zero attached hydrogens (tertiary/aromatic N) is 3. The Balaban J connectivity index is 1.33. The normalized spacial score (nSPS) is 12.4. The summed E-state index contributed by atoms with van der Waals surface area (Å²) in [6.45, 7) is 0. The molecule has 1 N–H and O–H groups in total. The van der Waals surface area contributed by atoms with Crippen molar-refractivity contribution < 1.29 is 4.79 Å². The van der Waals surface area contributed by atoms with Gasteiger partial charge in [0, 0.05) is 28.8 Å². The van der Waals surface area contributed by atoms with E-state index in [1.54, 1.807) is 12.1 Å². The van der Waals surface area contributed by atoms with Crippen LogP contribution in [0.3, 0.4) is 0 Å². The third-order valence-corrected chi connectivity index (χ3v) is 7.16. The zero-order valence-corrected chi connectivity index (χ0v) is 18.9. The highest BCUT2D eigenvalue weighted by Crippen LogP contribution is 2.31. The summed E-state index contributed by atoms with van der Waals surface area (Å²) in [5, 5.41) is 16.2. The molecule has 0 unspecified atom stereocenters. The number of anilines is 1. The molecule has 0 radical (unpaired) electrons. The van der Waals surface area contributed by atoms with E-state index in [0.29, 0.717) is 37.9 Å². The Morgan fingerprint density at radius 2 is 2.10 bits per heavy atom. The molecule has 30 heavy (non-hydrogen) atoms. The first-order chi connectivity index (χ1) is 14.5. The molecule has 0 spiro atoms. The molecule has 0 saturated carbocycles. The monoisotopic (exact) mass is 474 g/mol. The number of pyridine rings is 1. The lowest BCUT2D eigenvalue weighted by molar-refractivity contribution is -0.115. The second kappa shape index (κ2) is 9.36. The number of hydrogen-bond acceptors (Lipinski definition) is 6. The van der Waals surface area contributed by atoms with Crippen LogP contribution in [0.4, 0.5) is 5.13 Å². The molecule has 0 aliphatic heterocycles. The number of thiazole rings is 1. The minimum atomic E-state index is -0.128. The van der Waals surface area contributed by atoms with Crippen molar-refractivity contribution in [1.82, 2.24) is 9.97 Å². The van der Waals surface area contributed by atoms with Crippen molar-refractivity contribution in [3.8, 4) is 17.3 Å². The van der Waals surface area contributed by atoms with Gasteiger partial charge >= 0.3 is 0 Å². The number of amides is 1. The van der Waals surface area contributed by atoms with Gasteiger partial charge in [0.25, 0.3) is 0 Å². The topological polar surface area (TPSA) is 78.7 Å². The Bertz CT molecular complexity index is 1160. The third kappa shape index (κ3) is 4.79. The summed E-state index contributed by atoms with van der Waals surface area (Å²) in [6, 6.07) is 9.46. The predicted octanol–water partition coefficient (Wildman–Crippen LogP) is 5.99. The maximum atomic E-state index is 12.3. The number of thioether (sulfide) groups is 1. The van der Waals surface area contributed by atoms with Crippen LogP contribution >= 0.6 is 46.3 Å². The van der Waals surface area contributed by atoms with Crippen LogP contribution in [-0.4, -0.2) is 21.6 Å². The molecule has 152 valence electrons. The minimum absolute atomic E-state index is 0.128. The lowest BCUT2D eigenvalue weighted by Crippen LogP contribution is -2.12. The molecule has 0 saturated heterocycles. The quantitative estimate of drug-likeness (QED) is 0.443. The summed E-state index contributed by atoms with van der Waals surface area (Å²) in [5.41, 5.74) is 4.41. The number of carbonyl (C=O) groups excluding carboxylic acids is 1. The number of hydrogen-bond donors (Lipinski definition) is 1. The minimum Gasteiger partial charge on any atom is -0.302 e. The number of benzene rings is 1. The number of aryl methyl sites for hydroxylation is 2. The van der Waals surface area contributed by atoms with Crippen molar-refractivity contribution in [2.45, 2.75) is 30.7 Å². The average molecular weight is 475 g/mol. The SMILES string of the molecule is N#Cc1cc2c(nc1SCCC(=O)Nc1nc(-c3ccc(Cl)c(Cl)c3)cs1)CCC2. The van der Waals surface area contributed by atoms with E-state index in [-0.39, 0.29) is 5.91 Å². The van der Waals surface area contributed by atoms with Crippen molar-refractivity contribution in [1.29, 1.82) is 5.26 Å². The van der Waals surface area contributed by atoms with Crippen LogP contribution in [0.2, 0.25) is 10.0 Å². The Morgan fingerprint density at radius 3 is 2.90 bits per heavy atom. The van der Waals surface area contributed by atoms with Gasteiger partial charge < -0.3 is 5.32 Å². The second-order valence-electron chi connectivity index (χ2n) is 6.73. The zero-order valence-electron chi connectivity index (χ0n) is 15.7. The van der Waals surface area contributed by atoms with Gasteiger partial charge in [-0.3, -0.25) is 4.79 Å². The molecule has 5 nitrogen and oxygen atoms in total. The molecule has 1 amide bonds. The van der Waals surface area contributed by atoms with Gasteiger partial charge in [-0.1, -0.05) is 29.3 Å². The van der Waals surface area contributed by atoms with Gasteiger partial charge in [-0.05, 0) is 43.0 Å². The van der Waals surface area contributed by atoms with Gasteiger partial charge in [-0.15, -0.1) is 23.1 Å². The standard InChI is InChI=1S/C21H16Cl2N4OS2/c22-15-5-4-13(9-16(15)23)18-11-30-21(26-18)27-19(28)6-7-29-20-14(10-24)8-12-2-1-3-17(12)25-20/h4-5,8-9,11H,1-3,6-7H2,(H,26,27,28). The van der Waals surface area contributed by atoms with Gasteiger partial charge in [-0.2, -0.15) is 5.26 Å². The molecule has 4 rings (SSSR count). The number of halogens is 2. The number of aromatic nitrogens is 2.